The van der Waals surface area contributed by atoms with Crippen molar-refractivity contribution in [1.29, 1.82) is 0 Å². The van der Waals surface area contributed by atoms with Crippen LogP contribution in [0.4, 0.5) is 5.69 Å². The van der Waals surface area contributed by atoms with E-state index in [1.54, 1.807) is 12.1 Å². The quantitative estimate of drug-likeness (QED) is 0.873. The summed E-state index contributed by atoms with van der Waals surface area (Å²) in [5, 5.41) is 9.02. The van der Waals surface area contributed by atoms with Gasteiger partial charge in [-0.15, -0.1) is 0 Å². The molecule has 110 valence electrons. The third kappa shape index (κ3) is 2.64. The van der Waals surface area contributed by atoms with E-state index >= 15 is 0 Å². The van der Waals surface area contributed by atoms with Gasteiger partial charge in [0.2, 0.25) is 0 Å². The van der Waals surface area contributed by atoms with E-state index < -0.39 is 0 Å². The Balaban J connectivity index is 1.79. The smallest absolute Gasteiger partial charge is 0.337 e. The highest BCUT2D eigenvalue weighted by Crippen LogP contribution is 2.30. The molecule has 1 aromatic heterocycles. The number of esters is 1. The SMILES string of the molecule is COC(=O)c1ccc2c(c1)CCN2Cc1ccc(CO)o1. The maximum atomic E-state index is 11.5. The van der Waals surface area contributed by atoms with Gasteiger partial charge in [-0.05, 0) is 42.3 Å². The highest BCUT2D eigenvalue weighted by Gasteiger charge is 2.21. The zero-order chi connectivity index (χ0) is 14.8. The summed E-state index contributed by atoms with van der Waals surface area (Å²) in [5.74, 6) is 1.09. The molecular formula is C16H17NO4. The topological polar surface area (TPSA) is 62.9 Å². The largest absolute Gasteiger partial charge is 0.465 e. The first kappa shape index (κ1) is 13.7. The zero-order valence-electron chi connectivity index (χ0n) is 11.8. The third-order valence-corrected chi connectivity index (χ3v) is 3.71. The van der Waals surface area contributed by atoms with Crippen molar-refractivity contribution in [3.63, 3.8) is 0 Å². The second-order valence-corrected chi connectivity index (χ2v) is 5.03. The first-order valence-electron chi connectivity index (χ1n) is 6.86. The Labute approximate surface area is 122 Å². The molecular weight excluding hydrogens is 270 g/mol. The van der Waals surface area contributed by atoms with Crippen LogP contribution < -0.4 is 4.90 Å². The molecule has 3 rings (SSSR count). The summed E-state index contributed by atoms with van der Waals surface area (Å²) < 4.78 is 10.3. The number of fused-ring (bicyclic) bond motifs is 1. The molecule has 2 aromatic rings. The molecule has 5 nitrogen and oxygen atoms in total. The van der Waals surface area contributed by atoms with Crippen molar-refractivity contribution < 1.29 is 19.1 Å². The minimum Gasteiger partial charge on any atom is -0.465 e. The summed E-state index contributed by atoms with van der Waals surface area (Å²) in [5.41, 5.74) is 2.84. The summed E-state index contributed by atoms with van der Waals surface area (Å²) in [6, 6.07) is 9.29. The van der Waals surface area contributed by atoms with Crippen molar-refractivity contribution in [2.75, 3.05) is 18.6 Å². The Bertz CT molecular complexity index is 662. The average Bonchev–Trinajstić information content (AvgIpc) is 3.13. The molecule has 0 atom stereocenters. The fraction of sp³-hybridized carbons (Fsp3) is 0.312. The van der Waals surface area contributed by atoms with Crippen molar-refractivity contribution in [1.82, 2.24) is 0 Å². The van der Waals surface area contributed by atoms with Crippen LogP contribution in [0.25, 0.3) is 0 Å². The zero-order valence-corrected chi connectivity index (χ0v) is 11.8. The predicted octanol–water partition coefficient (Wildman–Crippen LogP) is 2.12. The standard InChI is InChI=1S/C16H17NO4/c1-20-16(19)12-2-5-15-11(8-12)6-7-17(15)9-13-3-4-14(10-18)21-13/h2-5,8,18H,6-7,9-10H2,1H3. The number of anilines is 1. The van der Waals surface area contributed by atoms with Gasteiger partial charge in [0.25, 0.3) is 0 Å². The van der Waals surface area contributed by atoms with Gasteiger partial charge in [0.15, 0.2) is 0 Å². The van der Waals surface area contributed by atoms with E-state index in [9.17, 15) is 4.79 Å². The molecule has 1 N–H and O–H groups in total. The van der Waals surface area contributed by atoms with Crippen molar-refractivity contribution in [2.24, 2.45) is 0 Å². The van der Waals surface area contributed by atoms with E-state index in [0.29, 0.717) is 17.9 Å². The van der Waals surface area contributed by atoms with Crippen molar-refractivity contribution >= 4 is 11.7 Å². The Morgan fingerprint density at radius 3 is 2.86 bits per heavy atom. The number of carbonyl (C=O) groups is 1. The van der Waals surface area contributed by atoms with Crippen molar-refractivity contribution in [2.45, 2.75) is 19.6 Å². The fourth-order valence-corrected chi connectivity index (χ4v) is 2.66. The number of hydrogen-bond acceptors (Lipinski definition) is 5. The highest BCUT2D eigenvalue weighted by atomic mass is 16.5. The molecule has 21 heavy (non-hydrogen) atoms. The normalized spacial score (nSPS) is 13.3. The lowest BCUT2D eigenvalue weighted by molar-refractivity contribution is 0.0600. The van der Waals surface area contributed by atoms with E-state index in [4.69, 9.17) is 14.3 Å². The lowest BCUT2D eigenvalue weighted by atomic mass is 10.1. The molecule has 0 saturated heterocycles. The van der Waals surface area contributed by atoms with E-state index in [1.165, 1.54) is 7.11 Å². The van der Waals surface area contributed by atoms with Gasteiger partial charge >= 0.3 is 5.97 Å². The van der Waals surface area contributed by atoms with Gasteiger partial charge in [-0.2, -0.15) is 0 Å². The second-order valence-electron chi connectivity index (χ2n) is 5.03. The Hall–Kier alpha value is -2.27. The average molecular weight is 287 g/mol. The first-order chi connectivity index (χ1) is 10.2. The minimum absolute atomic E-state index is 0.0842. The number of ether oxygens (including phenoxy) is 1. The van der Waals surface area contributed by atoms with Crippen LogP contribution in [-0.4, -0.2) is 24.7 Å². The number of aliphatic hydroxyl groups excluding tert-OH is 1. The van der Waals surface area contributed by atoms with Crippen LogP contribution in [0.2, 0.25) is 0 Å². The monoisotopic (exact) mass is 287 g/mol. The second kappa shape index (κ2) is 5.61. The molecule has 0 amide bonds. The summed E-state index contributed by atoms with van der Waals surface area (Å²) in [7, 11) is 1.39. The summed E-state index contributed by atoms with van der Waals surface area (Å²) in [6.45, 7) is 1.46. The van der Waals surface area contributed by atoms with Gasteiger partial charge in [0.1, 0.15) is 18.1 Å². The molecule has 1 aliphatic rings. The van der Waals surface area contributed by atoms with E-state index in [0.717, 1.165) is 30.0 Å². The lowest BCUT2D eigenvalue weighted by Crippen LogP contribution is -2.19. The minimum atomic E-state index is -0.310. The number of hydrogen-bond donors (Lipinski definition) is 1. The molecule has 0 fully saturated rings. The van der Waals surface area contributed by atoms with E-state index in [-0.39, 0.29) is 12.6 Å². The van der Waals surface area contributed by atoms with Gasteiger partial charge < -0.3 is 19.2 Å². The van der Waals surface area contributed by atoms with E-state index in [1.807, 2.05) is 18.2 Å². The van der Waals surface area contributed by atoms with Crippen LogP contribution >= 0.6 is 0 Å². The number of furan rings is 1. The molecule has 1 aliphatic heterocycles. The predicted molar refractivity (Wildman–Crippen MR) is 77.2 cm³/mol. The van der Waals surface area contributed by atoms with Gasteiger partial charge in [-0.1, -0.05) is 0 Å². The maximum Gasteiger partial charge on any atom is 0.337 e. The molecule has 0 aliphatic carbocycles. The van der Waals surface area contributed by atoms with Crippen LogP contribution in [0.1, 0.15) is 27.4 Å². The van der Waals surface area contributed by atoms with Crippen LogP contribution in [0.3, 0.4) is 0 Å². The molecule has 0 radical (unpaired) electrons. The summed E-state index contributed by atoms with van der Waals surface area (Å²) >= 11 is 0. The Morgan fingerprint density at radius 2 is 2.14 bits per heavy atom. The molecule has 1 aromatic carbocycles. The molecule has 0 spiro atoms. The van der Waals surface area contributed by atoms with Gasteiger partial charge in [0.05, 0.1) is 19.2 Å². The Kier molecular flexibility index (Phi) is 3.66. The Morgan fingerprint density at radius 1 is 1.33 bits per heavy atom. The number of aliphatic hydroxyl groups is 1. The van der Waals surface area contributed by atoms with Gasteiger partial charge in [-0.25, -0.2) is 4.79 Å². The molecule has 0 unspecified atom stereocenters. The van der Waals surface area contributed by atoms with Crippen LogP contribution in [0.15, 0.2) is 34.7 Å². The first-order valence-corrected chi connectivity index (χ1v) is 6.86. The number of benzene rings is 1. The van der Waals surface area contributed by atoms with Crippen molar-refractivity contribution in [3.05, 3.63) is 53.0 Å². The van der Waals surface area contributed by atoms with E-state index in [2.05, 4.69) is 4.90 Å². The van der Waals surface area contributed by atoms with Crippen LogP contribution in [-0.2, 0) is 24.3 Å². The summed E-state index contributed by atoms with van der Waals surface area (Å²) in [6.07, 6.45) is 0.897. The number of methoxy groups -OCH3 is 1. The molecule has 0 bridgehead atoms. The van der Waals surface area contributed by atoms with Crippen LogP contribution in [0, 0.1) is 0 Å². The number of nitrogens with zero attached hydrogens (tertiary/aromatic N) is 1. The molecule has 5 heteroatoms. The summed E-state index contributed by atoms with van der Waals surface area (Å²) in [4.78, 5) is 13.8. The number of rotatable bonds is 4. The van der Waals surface area contributed by atoms with Gasteiger partial charge in [0, 0.05) is 12.2 Å². The molecule has 0 saturated carbocycles. The van der Waals surface area contributed by atoms with Crippen molar-refractivity contribution in [3.8, 4) is 0 Å². The maximum absolute atomic E-state index is 11.5. The lowest BCUT2D eigenvalue weighted by Gasteiger charge is -2.18. The van der Waals surface area contributed by atoms with Crippen LogP contribution in [0.5, 0.6) is 0 Å². The molecule has 2 heterocycles. The number of carbonyl (C=O) groups excluding carboxylic acids is 1. The fourth-order valence-electron chi connectivity index (χ4n) is 2.66. The van der Waals surface area contributed by atoms with Gasteiger partial charge in [-0.3, -0.25) is 0 Å². The third-order valence-electron chi connectivity index (χ3n) is 3.71. The highest BCUT2D eigenvalue weighted by molar-refractivity contribution is 5.90.